The molecular weight excluding hydrogens is 286 g/mol. The van der Waals surface area contributed by atoms with Gasteiger partial charge >= 0.3 is 6.09 Å². The first-order valence-electron chi connectivity index (χ1n) is 7.98. The van der Waals surface area contributed by atoms with Gasteiger partial charge in [-0.25, -0.2) is 4.79 Å². The van der Waals surface area contributed by atoms with E-state index < -0.39 is 6.09 Å². The summed E-state index contributed by atoms with van der Waals surface area (Å²) < 4.78 is 5.14. The molecule has 0 heterocycles. The molecule has 0 saturated carbocycles. The van der Waals surface area contributed by atoms with Gasteiger partial charge in [0.25, 0.3) is 0 Å². The summed E-state index contributed by atoms with van der Waals surface area (Å²) in [5.41, 5.74) is 3.46. The predicted molar refractivity (Wildman–Crippen MR) is 94.1 cm³/mol. The van der Waals surface area contributed by atoms with E-state index in [0.717, 1.165) is 24.0 Å². The summed E-state index contributed by atoms with van der Waals surface area (Å²) in [6.07, 6.45) is 5.77. The van der Waals surface area contributed by atoms with Gasteiger partial charge in [-0.05, 0) is 23.1 Å². The van der Waals surface area contributed by atoms with Crippen molar-refractivity contribution in [1.29, 1.82) is 0 Å². The van der Waals surface area contributed by atoms with Crippen molar-refractivity contribution >= 4 is 12.2 Å². The molecule has 23 heavy (non-hydrogen) atoms. The number of aryl methyl sites for hydroxylation is 1. The Labute approximate surface area is 138 Å². The first kappa shape index (κ1) is 16.8. The predicted octanol–water partition coefficient (Wildman–Crippen LogP) is 4.58. The van der Waals surface area contributed by atoms with E-state index in [-0.39, 0.29) is 6.61 Å². The Morgan fingerprint density at radius 1 is 1.04 bits per heavy atom. The summed E-state index contributed by atoms with van der Waals surface area (Å²) in [4.78, 5) is 11.6. The first-order valence-corrected chi connectivity index (χ1v) is 7.98. The highest BCUT2D eigenvalue weighted by Crippen LogP contribution is 2.08. The average Bonchev–Trinajstić information content (AvgIpc) is 2.59. The third-order valence-corrected chi connectivity index (χ3v) is 3.41. The van der Waals surface area contributed by atoms with Gasteiger partial charge in [0.1, 0.15) is 6.61 Å². The third-order valence-electron chi connectivity index (χ3n) is 3.41. The Kier molecular flexibility index (Phi) is 6.92. The number of ether oxygens (including phenoxy) is 1. The molecular formula is C20H23NO2. The summed E-state index contributed by atoms with van der Waals surface area (Å²) in [6, 6.07) is 18.1. The maximum absolute atomic E-state index is 11.6. The number of carbonyl (C=O) groups excluding carboxylic acids is 1. The van der Waals surface area contributed by atoms with E-state index >= 15 is 0 Å². The molecule has 2 rings (SSSR count). The number of benzene rings is 2. The van der Waals surface area contributed by atoms with Gasteiger partial charge in [-0.1, -0.05) is 80.1 Å². The minimum atomic E-state index is -0.406. The SMILES string of the molecule is CCCc1ccc(C=CCNC(=O)OCc2ccccc2)cc1. The van der Waals surface area contributed by atoms with Crippen molar-refractivity contribution in [3.8, 4) is 0 Å². The Bertz CT molecular complexity index is 618. The Morgan fingerprint density at radius 3 is 2.48 bits per heavy atom. The fourth-order valence-electron chi connectivity index (χ4n) is 2.20. The van der Waals surface area contributed by atoms with Crippen molar-refractivity contribution in [3.63, 3.8) is 0 Å². The number of nitrogens with one attached hydrogen (secondary N) is 1. The number of rotatable bonds is 7. The van der Waals surface area contributed by atoms with Gasteiger partial charge in [0.05, 0.1) is 0 Å². The molecule has 120 valence electrons. The van der Waals surface area contributed by atoms with Gasteiger partial charge in [-0.15, -0.1) is 0 Å². The van der Waals surface area contributed by atoms with Crippen LogP contribution in [0, 0.1) is 0 Å². The van der Waals surface area contributed by atoms with Gasteiger partial charge in [-0.2, -0.15) is 0 Å². The van der Waals surface area contributed by atoms with Crippen molar-refractivity contribution in [2.24, 2.45) is 0 Å². The van der Waals surface area contributed by atoms with E-state index in [9.17, 15) is 4.79 Å². The van der Waals surface area contributed by atoms with Crippen LogP contribution in [-0.2, 0) is 17.8 Å². The average molecular weight is 309 g/mol. The lowest BCUT2D eigenvalue weighted by atomic mass is 10.1. The minimum absolute atomic E-state index is 0.287. The third kappa shape index (κ3) is 6.39. The summed E-state index contributed by atoms with van der Waals surface area (Å²) in [5, 5.41) is 2.71. The lowest BCUT2D eigenvalue weighted by molar-refractivity contribution is 0.141. The summed E-state index contributed by atoms with van der Waals surface area (Å²) in [5.74, 6) is 0. The molecule has 2 aromatic rings. The highest BCUT2D eigenvalue weighted by Gasteiger charge is 2.00. The first-order chi connectivity index (χ1) is 11.3. The van der Waals surface area contributed by atoms with Crippen molar-refractivity contribution < 1.29 is 9.53 Å². The monoisotopic (exact) mass is 309 g/mol. The molecule has 3 nitrogen and oxygen atoms in total. The Hall–Kier alpha value is -2.55. The molecule has 0 atom stereocenters. The van der Waals surface area contributed by atoms with Gasteiger partial charge in [0.2, 0.25) is 0 Å². The summed E-state index contributed by atoms with van der Waals surface area (Å²) in [7, 11) is 0. The van der Waals surface area contributed by atoms with E-state index in [4.69, 9.17) is 4.74 Å². The van der Waals surface area contributed by atoms with Crippen molar-refractivity contribution in [1.82, 2.24) is 5.32 Å². The molecule has 0 unspecified atom stereocenters. The number of carbonyl (C=O) groups is 1. The Morgan fingerprint density at radius 2 is 1.78 bits per heavy atom. The second-order valence-electron chi connectivity index (χ2n) is 5.34. The fraction of sp³-hybridized carbons (Fsp3) is 0.250. The maximum Gasteiger partial charge on any atom is 0.407 e. The zero-order valence-corrected chi connectivity index (χ0v) is 13.5. The lowest BCUT2D eigenvalue weighted by Crippen LogP contribution is -2.24. The minimum Gasteiger partial charge on any atom is -0.445 e. The van der Waals surface area contributed by atoms with Crippen LogP contribution in [0.15, 0.2) is 60.7 Å². The molecule has 3 heteroatoms. The van der Waals surface area contributed by atoms with Crippen LogP contribution in [0.2, 0.25) is 0 Å². The van der Waals surface area contributed by atoms with Crippen molar-refractivity contribution in [3.05, 3.63) is 77.4 Å². The van der Waals surface area contributed by atoms with Gasteiger partial charge < -0.3 is 10.1 Å². The number of hydrogen-bond acceptors (Lipinski definition) is 2. The molecule has 0 saturated heterocycles. The molecule has 2 aromatic carbocycles. The maximum atomic E-state index is 11.6. The number of alkyl carbamates (subject to hydrolysis) is 1. The van der Waals surface area contributed by atoms with E-state index in [0.29, 0.717) is 6.54 Å². The van der Waals surface area contributed by atoms with Crippen LogP contribution in [0.3, 0.4) is 0 Å². The summed E-state index contributed by atoms with van der Waals surface area (Å²) >= 11 is 0. The second kappa shape index (κ2) is 9.46. The van der Waals surface area contributed by atoms with Gasteiger partial charge in [0.15, 0.2) is 0 Å². The zero-order chi connectivity index (χ0) is 16.3. The van der Waals surface area contributed by atoms with E-state index in [2.05, 4.69) is 36.5 Å². The molecule has 0 aliphatic heterocycles. The second-order valence-corrected chi connectivity index (χ2v) is 5.34. The van der Waals surface area contributed by atoms with Crippen LogP contribution in [0.1, 0.15) is 30.0 Å². The smallest absolute Gasteiger partial charge is 0.407 e. The van der Waals surface area contributed by atoms with E-state index in [1.165, 1.54) is 5.56 Å². The zero-order valence-electron chi connectivity index (χ0n) is 13.5. The fourth-order valence-corrected chi connectivity index (χ4v) is 2.20. The van der Waals surface area contributed by atoms with Gasteiger partial charge in [-0.3, -0.25) is 0 Å². The molecule has 0 radical (unpaired) electrons. The van der Waals surface area contributed by atoms with Crippen LogP contribution in [0.4, 0.5) is 4.79 Å². The number of hydrogen-bond donors (Lipinski definition) is 1. The highest BCUT2D eigenvalue weighted by atomic mass is 16.5. The van der Waals surface area contributed by atoms with E-state index in [1.54, 1.807) is 0 Å². The van der Waals surface area contributed by atoms with Crippen LogP contribution < -0.4 is 5.32 Å². The largest absolute Gasteiger partial charge is 0.445 e. The Balaban J connectivity index is 1.68. The molecule has 1 amide bonds. The summed E-state index contributed by atoms with van der Waals surface area (Å²) in [6.45, 7) is 2.91. The van der Waals surface area contributed by atoms with Crippen LogP contribution in [0.25, 0.3) is 6.08 Å². The molecule has 0 aromatic heterocycles. The van der Waals surface area contributed by atoms with E-state index in [1.807, 2.05) is 42.5 Å². The van der Waals surface area contributed by atoms with Crippen LogP contribution >= 0.6 is 0 Å². The quantitative estimate of drug-likeness (QED) is 0.813. The molecule has 0 fully saturated rings. The van der Waals surface area contributed by atoms with Crippen LogP contribution in [0.5, 0.6) is 0 Å². The molecule has 0 bridgehead atoms. The lowest BCUT2D eigenvalue weighted by Gasteiger charge is -2.05. The topological polar surface area (TPSA) is 38.3 Å². The van der Waals surface area contributed by atoms with Gasteiger partial charge in [0, 0.05) is 6.54 Å². The van der Waals surface area contributed by atoms with Crippen molar-refractivity contribution in [2.45, 2.75) is 26.4 Å². The molecule has 0 aliphatic rings. The standard InChI is InChI=1S/C20H23NO2/c1-2-7-17-11-13-18(14-12-17)10-6-15-21-20(22)23-16-19-8-4-3-5-9-19/h3-6,8-14H,2,7,15-16H2,1H3,(H,21,22). The number of amides is 1. The highest BCUT2D eigenvalue weighted by molar-refractivity contribution is 5.67. The molecule has 0 aliphatic carbocycles. The molecule has 0 spiro atoms. The van der Waals surface area contributed by atoms with Crippen molar-refractivity contribution in [2.75, 3.05) is 6.54 Å². The normalized spacial score (nSPS) is 10.7. The van der Waals surface area contributed by atoms with Crippen LogP contribution in [-0.4, -0.2) is 12.6 Å². The molecule has 1 N–H and O–H groups in total.